The van der Waals surface area contributed by atoms with Gasteiger partial charge >= 0.3 is 0 Å². The highest BCUT2D eigenvalue weighted by Crippen LogP contribution is 2.52. The first kappa shape index (κ1) is 15.8. The molecule has 0 aromatic heterocycles. The summed E-state index contributed by atoms with van der Waals surface area (Å²) in [6, 6.07) is 4.58. The molecule has 0 heterocycles. The van der Waals surface area contributed by atoms with Crippen LogP contribution in [0.5, 0.6) is 0 Å². The average molecular weight is 288 g/mol. The zero-order valence-electron chi connectivity index (χ0n) is 13.6. The molecule has 0 bridgehead atoms. The fourth-order valence-electron chi connectivity index (χ4n) is 3.03. The number of unbranched alkanes of at least 4 members (excludes halogenated alkanes) is 2. The van der Waals surface area contributed by atoms with Crippen molar-refractivity contribution < 1.29 is 0 Å². The highest BCUT2D eigenvalue weighted by atomic mass is 31.1. The number of aryl methyl sites for hydroxylation is 2. The van der Waals surface area contributed by atoms with Gasteiger partial charge in [0.05, 0.1) is 0 Å². The molecule has 20 heavy (non-hydrogen) atoms. The van der Waals surface area contributed by atoms with Gasteiger partial charge in [-0.3, -0.25) is 0 Å². The van der Waals surface area contributed by atoms with E-state index in [0.29, 0.717) is 0 Å². The second-order valence-electron chi connectivity index (χ2n) is 6.10. The van der Waals surface area contributed by atoms with E-state index in [2.05, 4.69) is 45.9 Å². The van der Waals surface area contributed by atoms with Gasteiger partial charge in [0.25, 0.3) is 0 Å². The predicted molar refractivity (Wildman–Crippen MR) is 94.1 cm³/mol. The molecule has 1 aromatic rings. The summed E-state index contributed by atoms with van der Waals surface area (Å²) in [7, 11) is 0.116. The van der Waals surface area contributed by atoms with E-state index in [-0.39, 0.29) is 7.92 Å². The smallest absolute Gasteiger partial charge is 0.00124 e. The van der Waals surface area contributed by atoms with Crippen molar-refractivity contribution in [1.82, 2.24) is 0 Å². The molecule has 1 aromatic carbocycles. The molecule has 0 N–H and O–H groups in total. The molecule has 2 rings (SSSR count). The van der Waals surface area contributed by atoms with Crippen LogP contribution >= 0.6 is 7.92 Å². The van der Waals surface area contributed by atoms with Gasteiger partial charge in [-0.25, -0.2) is 0 Å². The maximum absolute atomic E-state index is 2.55. The fraction of sp³-hybridized carbons (Fsp3) is 0.579. The average Bonchev–Trinajstić information content (AvgIpc) is 2.89. The van der Waals surface area contributed by atoms with Crippen molar-refractivity contribution in [3.05, 3.63) is 39.7 Å². The Kier molecular flexibility index (Phi) is 5.85. The van der Waals surface area contributed by atoms with Crippen LogP contribution in [0.2, 0.25) is 0 Å². The van der Waals surface area contributed by atoms with Crippen molar-refractivity contribution in [1.29, 1.82) is 0 Å². The maximum Gasteiger partial charge on any atom is -0.00124 e. The minimum atomic E-state index is 0.116. The van der Waals surface area contributed by atoms with Crippen molar-refractivity contribution in [3.63, 3.8) is 0 Å². The molecular weight excluding hydrogens is 259 g/mol. The summed E-state index contributed by atoms with van der Waals surface area (Å²) in [4.78, 5) is 0. The molecule has 110 valence electrons. The Hall–Kier alpha value is -0.610. The van der Waals surface area contributed by atoms with E-state index < -0.39 is 0 Å². The molecule has 1 heteroatoms. The van der Waals surface area contributed by atoms with Crippen LogP contribution < -0.4 is 0 Å². The number of fused-ring (bicyclic) bond motifs is 1. The van der Waals surface area contributed by atoms with Crippen LogP contribution in [0.25, 0.3) is 6.08 Å². The number of benzene rings is 1. The van der Waals surface area contributed by atoms with Gasteiger partial charge in [-0.2, -0.15) is 0 Å². The Morgan fingerprint density at radius 3 is 2.10 bits per heavy atom. The molecule has 0 saturated heterocycles. The first-order valence-corrected chi connectivity index (χ1v) is 9.93. The van der Waals surface area contributed by atoms with Crippen molar-refractivity contribution in [2.75, 3.05) is 12.3 Å². The third kappa shape index (κ3) is 3.53. The molecule has 0 aliphatic heterocycles. The second-order valence-corrected chi connectivity index (χ2v) is 8.65. The summed E-state index contributed by atoms with van der Waals surface area (Å²) in [5.74, 6) is 0. The van der Waals surface area contributed by atoms with Crippen molar-refractivity contribution in [2.24, 2.45) is 0 Å². The summed E-state index contributed by atoms with van der Waals surface area (Å²) in [5.41, 5.74) is 6.10. The molecule has 0 amide bonds. The molecule has 0 nitrogen and oxygen atoms in total. The SMILES string of the molecule is CCCCP(CCCC)C1=Cc2c(C)ccc(C)c2C1. The van der Waals surface area contributed by atoms with Crippen LogP contribution in [-0.4, -0.2) is 12.3 Å². The van der Waals surface area contributed by atoms with Gasteiger partial charge in [0.15, 0.2) is 0 Å². The van der Waals surface area contributed by atoms with Gasteiger partial charge in [-0.1, -0.05) is 52.8 Å². The van der Waals surface area contributed by atoms with Gasteiger partial charge in [0, 0.05) is 0 Å². The molecule has 0 radical (unpaired) electrons. The Balaban J connectivity index is 2.18. The van der Waals surface area contributed by atoms with E-state index in [1.165, 1.54) is 55.6 Å². The topological polar surface area (TPSA) is 0 Å². The summed E-state index contributed by atoms with van der Waals surface area (Å²) in [6.45, 7) is 9.17. The van der Waals surface area contributed by atoms with Crippen molar-refractivity contribution in [3.8, 4) is 0 Å². The molecule has 0 unspecified atom stereocenters. The number of allylic oxidation sites excluding steroid dienone is 1. The molecule has 1 aliphatic carbocycles. The third-order valence-electron chi connectivity index (χ3n) is 4.45. The molecule has 0 fully saturated rings. The lowest BCUT2D eigenvalue weighted by atomic mass is 10.00. The largest absolute Gasteiger partial charge is 0.0794 e. The van der Waals surface area contributed by atoms with Crippen LogP contribution in [0.1, 0.15) is 61.8 Å². The molecular formula is C19H29P. The number of rotatable bonds is 7. The van der Waals surface area contributed by atoms with Crippen LogP contribution in [-0.2, 0) is 6.42 Å². The second kappa shape index (κ2) is 7.41. The minimum Gasteiger partial charge on any atom is -0.0794 e. The number of hydrogen-bond donors (Lipinski definition) is 0. The fourth-order valence-corrected chi connectivity index (χ4v) is 5.91. The van der Waals surface area contributed by atoms with E-state index in [1.807, 2.05) is 0 Å². The summed E-state index contributed by atoms with van der Waals surface area (Å²) < 4.78 is 0. The molecule has 0 atom stereocenters. The predicted octanol–water partition coefficient (Wildman–Crippen LogP) is 6.28. The van der Waals surface area contributed by atoms with E-state index in [1.54, 1.807) is 16.4 Å². The van der Waals surface area contributed by atoms with Crippen molar-refractivity contribution >= 4 is 14.0 Å². The lowest BCUT2D eigenvalue weighted by Gasteiger charge is -2.19. The lowest BCUT2D eigenvalue weighted by Crippen LogP contribution is -1.96. The first-order valence-electron chi connectivity index (χ1n) is 8.22. The third-order valence-corrected chi connectivity index (χ3v) is 7.26. The lowest BCUT2D eigenvalue weighted by molar-refractivity contribution is 0.868. The molecule has 0 spiro atoms. The zero-order valence-corrected chi connectivity index (χ0v) is 14.5. The first-order chi connectivity index (χ1) is 9.67. The Morgan fingerprint density at radius 2 is 1.55 bits per heavy atom. The molecule has 1 aliphatic rings. The van der Waals surface area contributed by atoms with Crippen LogP contribution in [0.4, 0.5) is 0 Å². The summed E-state index contributed by atoms with van der Waals surface area (Å²) in [5, 5.41) is 1.77. The van der Waals surface area contributed by atoms with Crippen LogP contribution in [0, 0.1) is 13.8 Å². The van der Waals surface area contributed by atoms with Gasteiger partial charge in [0.2, 0.25) is 0 Å². The summed E-state index contributed by atoms with van der Waals surface area (Å²) >= 11 is 0. The van der Waals surface area contributed by atoms with E-state index in [0.717, 1.165) is 0 Å². The Bertz CT molecular complexity index is 477. The van der Waals surface area contributed by atoms with Crippen LogP contribution in [0.15, 0.2) is 17.4 Å². The highest BCUT2D eigenvalue weighted by Gasteiger charge is 2.22. The van der Waals surface area contributed by atoms with Crippen LogP contribution in [0.3, 0.4) is 0 Å². The molecule has 0 saturated carbocycles. The monoisotopic (exact) mass is 288 g/mol. The van der Waals surface area contributed by atoms with E-state index >= 15 is 0 Å². The normalized spacial score (nSPS) is 13.8. The standard InChI is InChI=1S/C19H29P/c1-5-7-11-20(12-8-6-2)17-13-18-15(3)9-10-16(4)19(18)14-17/h9-10,13H,5-8,11-12,14H2,1-4H3. The Labute approximate surface area is 126 Å². The van der Waals surface area contributed by atoms with Gasteiger partial charge < -0.3 is 0 Å². The quantitative estimate of drug-likeness (QED) is 0.518. The van der Waals surface area contributed by atoms with Gasteiger partial charge in [0.1, 0.15) is 0 Å². The number of hydrogen-bond acceptors (Lipinski definition) is 0. The highest BCUT2D eigenvalue weighted by molar-refractivity contribution is 7.62. The van der Waals surface area contributed by atoms with E-state index in [9.17, 15) is 0 Å². The van der Waals surface area contributed by atoms with E-state index in [4.69, 9.17) is 0 Å². The van der Waals surface area contributed by atoms with Gasteiger partial charge in [-0.15, -0.1) is 0 Å². The minimum absolute atomic E-state index is 0.116. The zero-order chi connectivity index (χ0) is 14.5. The Morgan fingerprint density at radius 1 is 0.950 bits per heavy atom. The van der Waals surface area contributed by atoms with Gasteiger partial charge in [-0.05, 0) is 73.0 Å². The summed E-state index contributed by atoms with van der Waals surface area (Å²) in [6.07, 6.45) is 12.2. The van der Waals surface area contributed by atoms with Crippen molar-refractivity contribution in [2.45, 2.75) is 59.8 Å². The maximum atomic E-state index is 2.55.